The number of nitrogens with zero attached hydrogens (tertiary/aromatic N) is 1. The van der Waals surface area contributed by atoms with Crippen molar-refractivity contribution in [2.75, 3.05) is 13.7 Å². The zero-order chi connectivity index (χ0) is 16.6. The van der Waals surface area contributed by atoms with E-state index in [-0.39, 0.29) is 17.3 Å². The highest BCUT2D eigenvalue weighted by Gasteiger charge is 2.24. The van der Waals surface area contributed by atoms with Gasteiger partial charge in [0.15, 0.2) is 11.5 Å². The van der Waals surface area contributed by atoms with Crippen molar-refractivity contribution in [3.63, 3.8) is 0 Å². The molecular weight excluding hydrogens is 294 g/mol. The normalized spacial score (nSPS) is 13.2. The molecule has 0 atom stereocenters. The van der Waals surface area contributed by atoms with Gasteiger partial charge in [0.05, 0.1) is 7.11 Å². The molecule has 1 aliphatic rings. The number of aliphatic imine (C=N–C) groups is 1. The average Bonchev–Trinajstić information content (AvgIpc) is 2.55. The van der Waals surface area contributed by atoms with Crippen LogP contribution in [0.4, 0.5) is 0 Å². The SMILES string of the molecule is COc1cc2c(cc1O)C(C(=O)c1ccc(O)c(C)c1)=NCC2. The van der Waals surface area contributed by atoms with E-state index in [1.165, 1.54) is 19.2 Å². The van der Waals surface area contributed by atoms with Crippen LogP contribution in [0.25, 0.3) is 0 Å². The van der Waals surface area contributed by atoms with E-state index in [0.29, 0.717) is 41.1 Å². The second-order valence-corrected chi connectivity index (χ2v) is 5.49. The molecule has 0 unspecified atom stereocenters. The highest BCUT2D eigenvalue weighted by Crippen LogP contribution is 2.32. The maximum Gasteiger partial charge on any atom is 0.211 e. The summed E-state index contributed by atoms with van der Waals surface area (Å²) >= 11 is 0. The standard InChI is InChI=1S/C18H17NO4/c1-10-7-12(3-4-14(10)20)18(22)17-13-9-15(21)16(23-2)8-11(13)5-6-19-17/h3-4,7-9,20-21H,5-6H2,1-2H3. The highest BCUT2D eigenvalue weighted by atomic mass is 16.5. The number of hydrogen-bond donors (Lipinski definition) is 2. The van der Waals surface area contributed by atoms with Crippen molar-refractivity contribution >= 4 is 11.5 Å². The molecule has 5 heteroatoms. The van der Waals surface area contributed by atoms with E-state index in [1.54, 1.807) is 25.1 Å². The Bertz CT molecular complexity index is 824. The van der Waals surface area contributed by atoms with Gasteiger partial charge in [0.25, 0.3) is 0 Å². The molecule has 0 fully saturated rings. The first-order valence-electron chi connectivity index (χ1n) is 7.30. The van der Waals surface area contributed by atoms with E-state index < -0.39 is 0 Å². The summed E-state index contributed by atoms with van der Waals surface area (Å²) in [6, 6.07) is 7.98. The van der Waals surface area contributed by atoms with Crippen LogP contribution >= 0.6 is 0 Å². The Balaban J connectivity index is 2.04. The fourth-order valence-electron chi connectivity index (χ4n) is 2.70. The molecule has 0 aromatic heterocycles. The van der Waals surface area contributed by atoms with Gasteiger partial charge in [0.2, 0.25) is 5.78 Å². The molecule has 3 rings (SSSR count). The lowest BCUT2D eigenvalue weighted by Gasteiger charge is -2.18. The smallest absolute Gasteiger partial charge is 0.211 e. The first kappa shape index (κ1) is 15.1. The van der Waals surface area contributed by atoms with Gasteiger partial charge < -0.3 is 14.9 Å². The summed E-state index contributed by atoms with van der Waals surface area (Å²) in [6.45, 7) is 2.25. The van der Waals surface area contributed by atoms with Crippen LogP contribution in [-0.4, -0.2) is 35.4 Å². The summed E-state index contributed by atoms with van der Waals surface area (Å²) in [5.74, 6) is 0.294. The minimum absolute atomic E-state index is 0.0180. The third kappa shape index (κ3) is 2.65. The third-order valence-electron chi connectivity index (χ3n) is 3.98. The quantitative estimate of drug-likeness (QED) is 0.854. The molecule has 2 N–H and O–H groups in total. The van der Waals surface area contributed by atoms with Crippen molar-refractivity contribution in [1.29, 1.82) is 0 Å². The Kier molecular flexibility index (Phi) is 3.78. The van der Waals surface area contributed by atoms with Crippen LogP contribution in [0, 0.1) is 6.92 Å². The number of benzene rings is 2. The number of ketones is 1. The second kappa shape index (κ2) is 5.76. The Morgan fingerprint density at radius 3 is 2.65 bits per heavy atom. The van der Waals surface area contributed by atoms with E-state index in [4.69, 9.17) is 4.74 Å². The molecule has 0 bridgehead atoms. The number of fused-ring (bicyclic) bond motifs is 1. The largest absolute Gasteiger partial charge is 0.508 e. The van der Waals surface area contributed by atoms with Crippen LogP contribution in [0.1, 0.15) is 27.0 Å². The van der Waals surface area contributed by atoms with Gasteiger partial charge in [0.1, 0.15) is 11.5 Å². The number of carbonyl (C=O) groups excluding carboxylic acids is 1. The van der Waals surface area contributed by atoms with Crippen LogP contribution in [0.15, 0.2) is 35.3 Å². The summed E-state index contributed by atoms with van der Waals surface area (Å²) < 4.78 is 5.12. The van der Waals surface area contributed by atoms with Gasteiger partial charge >= 0.3 is 0 Å². The Hall–Kier alpha value is -2.82. The average molecular weight is 311 g/mol. The minimum Gasteiger partial charge on any atom is -0.508 e. The first-order chi connectivity index (χ1) is 11.0. The summed E-state index contributed by atoms with van der Waals surface area (Å²) in [6.07, 6.45) is 0.692. The predicted molar refractivity (Wildman–Crippen MR) is 86.9 cm³/mol. The number of ether oxygens (including phenoxy) is 1. The molecule has 2 aromatic rings. The molecular formula is C18H17NO4. The lowest BCUT2D eigenvalue weighted by atomic mass is 9.92. The van der Waals surface area contributed by atoms with Crippen LogP contribution in [-0.2, 0) is 6.42 Å². The van der Waals surface area contributed by atoms with Gasteiger partial charge in [0, 0.05) is 17.7 Å². The summed E-state index contributed by atoms with van der Waals surface area (Å²) in [4.78, 5) is 17.1. The van der Waals surface area contributed by atoms with Crippen molar-refractivity contribution in [2.24, 2.45) is 4.99 Å². The first-order valence-corrected chi connectivity index (χ1v) is 7.30. The monoisotopic (exact) mass is 311 g/mol. The zero-order valence-electron chi connectivity index (χ0n) is 13.0. The van der Waals surface area contributed by atoms with Gasteiger partial charge in [-0.05, 0) is 54.8 Å². The van der Waals surface area contributed by atoms with Gasteiger partial charge in [-0.3, -0.25) is 9.79 Å². The molecule has 1 aliphatic heterocycles. The third-order valence-corrected chi connectivity index (χ3v) is 3.98. The molecule has 0 saturated carbocycles. The number of hydrogen-bond acceptors (Lipinski definition) is 5. The molecule has 23 heavy (non-hydrogen) atoms. The second-order valence-electron chi connectivity index (χ2n) is 5.49. The maximum absolute atomic E-state index is 12.8. The number of carbonyl (C=O) groups is 1. The molecule has 2 aromatic carbocycles. The number of phenolic OH excluding ortho intramolecular Hbond substituents is 2. The molecule has 5 nitrogen and oxygen atoms in total. The summed E-state index contributed by atoms with van der Waals surface area (Å²) in [7, 11) is 1.49. The Morgan fingerprint density at radius 2 is 1.96 bits per heavy atom. The number of rotatable bonds is 3. The molecule has 0 saturated heterocycles. The van der Waals surface area contributed by atoms with Crippen LogP contribution in [0.5, 0.6) is 17.2 Å². The summed E-state index contributed by atoms with van der Waals surface area (Å²) in [5.41, 5.74) is 2.97. The van der Waals surface area contributed by atoms with E-state index in [1.807, 2.05) is 0 Å². The predicted octanol–water partition coefficient (Wildman–Crippen LogP) is 2.64. The number of phenols is 2. The van der Waals surface area contributed by atoms with Crippen molar-refractivity contribution < 1.29 is 19.7 Å². The van der Waals surface area contributed by atoms with Crippen LogP contribution in [0.2, 0.25) is 0 Å². The van der Waals surface area contributed by atoms with E-state index in [0.717, 1.165) is 5.56 Å². The fraction of sp³-hybridized carbons (Fsp3) is 0.222. The van der Waals surface area contributed by atoms with E-state index in [9.17, 15) is 15.0 Å². The zero-order valence-corrected chi connectivity index (χ0v) is 13.0. The van der Waals surface area contributed by atoms with Crippen molar-refractivity contribution in [2.45, 2.75) is 13.3 Å². The highest BCUT2D eigenvalue weighted by molar-refractivity contribution is 6.52. The molecule has 0 amide bonds. The van der Waals surface area contributed by atoms with Crippen molar-refractivity contribution in [1.82, 2.24) is 0 Å². The fourth-order valence-corrected chi connectivity index (χ4v) is 2.70. The Morgan fingerprint density at radius 1 is 1.17 bits per heavy atom. The van der Waals surface area contributed by atoms with Crippen LogP contribution in [0.3, 0.4) is 0 Å². The van der Waals surface area contributed by atoms with E-state index >= 15 is 0 Å². The van der Waals surface area contributed by atoms with Crippen LogP contribution < -0.4 is 4.74 Å². The molecule has 1 heterocycles. The minimum atomic E-state index is -0.224. The Labute approximate surface area is 133 Å². The topological polar surface area (TPSA) is 79.1 Å². The number of Topliss-reactive ketones (excluding diaryl/α,β-unsaturated/α-hetero) is 1. The maximum atomic E-state index is 12.8. The van der Waals surface area contributed by atoms with Gasteiger partial charge in [-0.25, -0.2) is 0 Å². The number of methoxy groups -OCH3 is 1. The lowest BCUT2D eigenvalue weighted by molar-refractivity contribution is 0.106. The molecule has 0 aliphatic carbocycles. The summed E-state index contributed by atoms with van der Waals surface area (Å²) in [5, 5.41) is 19.6. The van der Waals surface area contributed by atoms with Gasteiger partial charge in [-0.15, -0.1) is 0 Å². The van der Waals surface area contributed by atoms with Gasteiger partial charge in [-0.2, -0.15) is 0 Å². The van der Waals surface area contributed by atoms with Crippen molar-refractivity contribution in [3.05, 3.63) is 52.6 Å². The van der Waals surface area contributed by atoms with Gasteiger partial charge in [-0.1, -0.05) is 0 Å². The molecule has 0 spiro atoms. The van der Waals surface area contributed by atoms with E-state index in [2.05, 4.69) is 4.99 Å². The number of aryl methyl sites for hydroxylation is 1. The number of aromatic hydroxyl groups is 2. The lowest BCUT2D eigenvalue weighted by Crippen LogP contribution is -2.22. The molecule has 0 radical (unpaired) electrons. The van der Waals surface area contributed by atoms with Crippen molar-refractivity contribution in [3.8, 4) is 17.2 Å². The molecule has 118 valence electrons.